The lowest BCUT2D eigenvalue weighted by molar-refractivity contribution is -0.146. The van der Waals surface area contributed by atoms with Crippen LogP contribution in [-0.4, -0.2) is 235 Å². The van der Waals surface area contributed by atoms with Gasteiger partial charge in [0.15, 0.2) is 0 Å². The summed E-state index contributed by atoms with van der Waals surface area (Å²) in [7, 11) is 3.41. The smallest absolute Gasteiger partial charge is 0.327 e. The minimum atomic E-state index is -1.72. The first-order valence-corrected chi connectivity index (χ1v) is 35.5. The van der Waals surface area contributed by atoms with Gasteiger partial charge in [-0.1, -0.05) is 83.0 Å². The maximum atomic E-state index is 14.9. The Labute approximate surface area is 562 Å². The summed E-state index contributed by atoms with van der Waals surface area (Å²) in [6, 6.07) is -11.2. The zero-order valence-electron chi connectivity index (χ0n) is 52.7. The molecule has 12 atom stereocenters. The molecule has 2 bridgehead atoms. The zero-order valence-corrected chi connectivity index (χ0v) is 55.9. The Morgan fingerprint density at radius 2 is 1.34 bits per heavy atom. The van der Waals surface area contributed by atoms with Gasteiger partial charge in [-0.25, -0.2) is 9.78 Å². The van der Waals surface area contributed by atoms with Gasteiger partial charge in [0, 0.05) is 54.3 Å². The summed E-state index contributed by atoms with van der Waals surface area (Å²) in [5.74, 6) is -16.5. The van der Waals surface area contributed by atoms with Crippen molar-refractivity contribution in [2.75, 3.05) is 49.2 Å². The Balaban J connectivity index is 1.62. The van der Waals surface area contributed by atoms with Crippen molar-refractivity contribution in [2.45, 2.75) is 152 Å². The van der Waals surface area contributed by atoms with Crippen LogP contribution in [0.3, 0.4) is 0 Å². The number of nitrogens with two attached hydrogens (primary N) is 3. The Bertz CT molecular complexity index is 3040. The fraction of sp³-hybridized carbons (Fsp3) is 0.596. The lowest BCUT2D eigenvalue weighted by Gasteiger charge is -2.31. The predicted octanol–water partition coefficient (Wildman–Crippen LogP) is -5.63. The first-order chi connectivity index (χ1) is 45.0. The fourth-order valence-electron chi connectivity index (χ4n) is 9.87. The highest BCUT2D eigenvalue weighted by Crippen LogP contribution is 2.27. The second kappa shape index (κ2) is 38.6. The molecule has 0 saturated carbocycles. The number of imidazole rings is 1. The molecule has 5 rings (SSSR count). The molecule has 21 N–H and O–H groups in total. The molecule has 13 amide bonds. The van der Waals surface area contributed by atoms with E-state index in [1.54, 1.807) is 27.7 Å². The summed E-state index contributed by atoms with van der Waals surface area (Å²) < 4.78 is 0. The Morgan fingerprint density at radius 1 is 0.716 bits per heavy atom. The van der Waals surface area contributed by atoms with Gasteiger partial charge in [-0.2, -0.15) is 0 Å². The molecule has 0 radical (unpaired) electrons. The molecule has 2 aromatic rings. The largest absolute Gasteiger partial charge is 0.508 e. The summed E-state index contributed by atoms with van der Waals surface area (Å²) in [6.45, 7) is 5.02. The molecule has 38 heteroatoms. The molecule has 3 aliphatic rings. The van der Waals surface area contributed by atoms with Crippen molar-refractivity contribution in [1.82, 2.24) is 73.4 Å². The summed E-state index contributed by atoms with van der Waals surface area (Å²) in [5, 5.41) is 59.8. The van der Waals surface area contributed by atoms with E-state index in [0.717, 1.165) is 48.1 Å². The van der Waals surface area contributed by atoms with Crippen LogP contribution in [0.15, 0.2) is 36.8 Å². The van der Waals surface area contributed by atoms with Crippen LogP contribution in [-0.2, 0) is 80.0 Å². The molecule has 524 valence electrons. The van der Waals surface area contributed by atoms with Crippen LogP contribution in [0.5, 0.6) is 5.75 Å². The summed E-state index contributed by atoms with van der Waals surface area (Å²) in [5.41, 5.74) is 17.4. The van der Waals surface area contributed by atoms with Crippen LogP contribution in [0.2, 0.25) is 0 Å². The van der Waals surface area contributed by atoms with Crippen LogP contribution in [0.4, 0.5) is 0 Å². The monoisotopic (exact) mass is 1410 g/mol. The Morgan fingerprint density at radius 3 is 1.97 bits per heavy atom. The molecular weight excluding hydrogens is 1320 g/mol. The number of phenolic OH excluding ortho intramolecular Hbond substituents is 1. The summed E-state index contributed by atoms with van der Waals surface area (Å²) in [6.07, 6.45) is 0.615. The number of hydrogen-bond donors (Lipinski definition) is 18. The van der Waals surface area contributed by atoms with Crippen molar-refractivity contribution in [2.24, 2.45) is 29.0 Å². The van der Waals surface area contributed by atoms with Crippen molar-refractivity contribution in [3.63, 3.8) is 0 Å². The van der Waals surface area contributed by atoms with Crippen LogP contribution in [0, 0.1) is 11.8 Å². The van der Waals surface area contributed by atoms with E-state index in [2.05, 4.69) is 68.5 Å². The molecule has 3 aliphatic heterocycles. The quantitative estimate of drug-likeness (QED) is 0.0434. The highest BCUT2D eigenvalue weighted by Gasteiger charge is 2.45. The average Bonchev–Trinajstić information content (AvgIpc) is 1.70. The molecule has 95 heavy (non-hydrogen) atoms. The first-order valence-electron chi connectivity index (χ1n) is 30.5. The van der Waals surface area contributed by atoms with Gasteiger partial charge in [0.25, 0.3) is 0 Å². The highest BCUT2D eigenvalue weighted by molar-refractivity contribution is 8.77. The Hall–Kier alpha value is -7.91. The van der Waals surface area contributed by atoms with Gasteiger partial charge in [-0.15, -0.1) is 0 Å². The number of aromatic amines is 1. The second-order valence-corrected chi connectivity index (χ2v) is 28.5. The number of carbonyl (C=O) groups excluding carboxylic acids is 13. The van der Waals surface area contributed by atoms with E-state index in [1.807, 2.05) is 0 Å². The number of primary amides is 1. The number of amides is 13. The van der Waals surface area contributed by atoms with Crippen molar-refractivity contribution < 1.29 is 82.4 Å². The van der Waals surface area contributed by atoms with Crippen LogP contribution in [0.25, 0.3) is 0 Å². The molecule has 4 heterocycles. The minimum absolute atomic E-state index is 0.00918. The lowest BCUT2D eigenvalue weighted by Crippen LogP contribution is -2.61. The number of nitrogens with zero attached hydrogens (tertiary/aromatic N) is 2. The van der Waals surface area contributed by atoms with Gasteiger partial charge in [-0.05, 0) is 68.2 Å². The van der Waals surface area contributed by atoms with E-state index < -0.39 is 198 Å². The van der Waals surface area contributed by atoms with Crippen molar-refractivity contribution in [3.8, 4) is 5.75 Å². The minimum Gasteiger partial charge on any atom is -0.508 e. The van der Waals surface area contributed by atoms with Crippen LogP contribution >= 0.6 is 43.2 Å². The number of rotatable bonds is 20. The third-order valence-corrected chi connectivity index (χ3v) is 19.8. The molecule has 34 nitrogen and oxygen atoms in total. The van der Waals surface area contributed by atoms with Crippen molar-refractivity contribution >= 4 is 126 Å². The second-order valence-electron chi connectivity index (χ2n) is 23.4. The van der Waals surface area contributed by atoms with E-state index in [4.69, 9.17) is 17.2 Å². The molecule has 3 fully saturated rings. The van der Waals surface area contributed by atoms with E-state index in [-0.39, 0.29) is 62.6 Å². The highest BCUT2D eigenvalue weighted by atomic mass is 33.1. The number of aliphatic carboxylic acids is 1. The molecule has 0 spiro atoms. The molecule has 0 aliphatic carbocycles. The van der Waals surface area contributed by atoms with E-state index in [1.165, 1.54) is 36.8 Å². The number of carboxylic acids is 1. The molecule has 1 aromatic carbocycles. The number of carboxylic acid groups (broad SMARTS) is 1. The molecule has 1 aromatic heterocycles. The van der Waals surface area contributed by atoms with Gasteiger partial charge in [-0.3, -0.25) is 62.3 Å². The molecule has 3 saturated heterocycles. The number of aliphatic hydroxyl groups excluding tert-OH is 1. The van der Waals surface area contributed by atoms with Crippen LogP contribution < -0.4 is 75.7 Å². The number of unbranched alkanes of at least 4 members (excludes halogenated alkanes) is 1. The normalized spacial score (nSPS) is 25.1. The average molecular weight is 1410 g/mol. The predicted molar refractivity (Wildman–Crippen MR) is 350 cm³/mol. The zero-order chi connectivity index (χ0) is 70.1. The number of benzene rings is 1. The maximum absolute atomic E-state index is 14.9. The van der Waals surface area contributed by atoms with Gasteiger partial charge >= 0.3 is 5.97 Å². The van der Waals surface area contributed by atoms with Gasteiger partial charge in [0.1, 0.15) is 66.2 Å². The number of aliphatic hydroxyl groups is 1. The number of hydrogen-bond acceptors (Lipinski definition) is 23. The van der Waals surface area contributed by atoms with Crippen LogP contribution in [0.1, 0.15) is 77.5 Å². The van der Waals surface area contributed by atoms with Gasteiger partial charge in [0.2, 0.25) is 76.8 Å². The number of phenols is 1. The Kier molecular flexibility index (Phi) is 31.6. The number of carbonyl (C=O) groups is 14. The van der Waals surface area contributed by atoms with E-state index in [0.29, 0.717) is 24.1 Å². The lowest BCUT2D eigenvalue weighted by atomic mass is 10.0. The van der Waals surface area contributed by atoms with Gasteiger partial charge in [0.05, 0.1) is 38.0 Å². The third kappa shape index (κ3) is 25.3. The number of nitrogens with one attached hydrogen (secondary N) is 12. The van der Waals surface area contributed by atoms with Gasteiger partial charge < -0.3 is 101 Å². The van der Waals surface area contributed by atoms with E-state index >= 15 is 0 Å². The number of fused-ring (bicyclic) bond motifs is 6. The van der Waals surface area contributed by atoms with Crippen molar-refractivity contribution in [3.05, 3.63) is 48.0 Å². The maximum Gasteiger partial charge on any atom is 0.327 e. The molecular formula is C57H85N17O17S4. The first kappa shape index (κ1) is 77.8. The fourth-order valence-corrected chi connectivity index (χ4v) is 14.5. The number of H-pyrrole nitrogens is 1. The molecule has 0 unspecified atom stereocenters. The number of aromatic nitrogens is 2. The SMILES string of the molecule is CC(C)C[C@@H]1NC(=O)[C@H](CCCCN)NC(=O)[C@H](Cc2ccc(O)cc2)NC(=O)CNC(=O)[C@@H]2CSSC[C@H](NC1=O)C(=O)N[C@@H](Cc1cnc[nH]1)C(=O)N1CC[C@H](O)[C@H]1C(=O)N[C@H](C(=O)O)CSSC[C@H](NC(=O)[C@@H](NC(=O)CNC(=O)[C@H](N)CC(N)=O)C(C)C)C(=O)N2. The standard InChI is InChI=1S/C57H85N17O17S4/c1-27(2)15-34-50(83)70-38-23-93-92-22-37(48(81)63-20-43(78)65-35(16-29-8-10-31(75)11-9-29)51(84)66-33(49(82)67-34)7-5-6-13-58)69-53(86)39(71-54(87)45(28(3)4)73-44(79)21-62-47(80)32(59)18-42(60)77)24-94-95-25-40(57(90)91)72-55(88)46-41(76)12-14-74(46)56(89)36(68-52(38)85)17-30-19-61-26-64-30/h8-11,19,26-28,32-41,45-46,75-76H,5-7,12-18,20-25,58-59H2,1-4H3,(H2,60,77)(H,61,64)(H,62,80)(H,63,81)(H,65,78)(H,66,84)(H,67,82)(H,68,85)(H,69,86)(H,70,83)(H,71,87)(H,72,88)(H,73,79)(H,90,91)/t32-,33+,34+,35+,36+,37+,38+,39+,40+,41+,45+,46+/m1/s1. The van der Waals surface area contributed by atoms with Crippen molar-refractivity contribution in [1.29, 1.82) is 0 Å². The summed E-state index contributed by atoms with van der Waals surface area (Å²) in [4.78, 5) is 203. The topological polar surface area (TPSA) is 542 Å². The van der Waals surface area contributed by atoms with E-state index in [9.17, 15) is 82.4 Å². The summed E-state index contributed by atoms with van der Waals surface area (Å²) >= 11 is 0. The number of aromatic hydroxyl groups is 1. The third-order valence-electron chi connectivity index (χ3n) is 14.9.